The molecule has 0 saturated carbocycles. The molecule has 170 valence electrons. The lowest BCUT2D eigenvalue weighted by molar-refractivity contribution is -0.141. The summed E-state index contributed by atoms with van der Waals surface area (Å²) >= 11 is 0. The molecule has 0 aliphatic heterocycles. The van der Waals surface area contributed by atoms with E-state index in [1.54, 1.807) is 30.3 Å². The van der Waals surface area contributed by atoms with Crippen LogP contribution in [0.2, 0.25) is 0 Å². The third-order valence-electron chi connectivity index (χ3n) is 4.31. The zero-order chi connectivity index (χ0) is 23.2. The van der Waals surface area contributed by atoms with Crippen molar-refractivity contribution in [3.05, 3.63) is 35.9 Å². The Labute approximate surface area is 178 Å². The largest absolute Gasteiger partial charge is 0.481 e. The number of carbonyl (C=O) groups excluding carboxylic acids is 2. The Balaban J connectivity index is 2.44. The molecular weight excluding hydrogens is 410 g/mol. The van der Waals surface area contributed by atoms with Gasteiger partial charge in [0, 0.05) is 24.6 Å². The van der Waals surface area contributed by atoms with Crippen LogP contribution >= 0.6 is 0 Å². The molecular formula is C20H27N3O8. The molecule has 1 rings (SSSR count). The molecule has 0 radical (unpaired) electrons. The number of nitrogens with one attached hydrogen (secondary N) is 3. The average molecular weight is 437 g/mol. The van der Waals surface area contributed by atoms with E-state index in [0.29, 0.717) is 31.4 Å². The number of aliphatic carboxylic acids is 3. The van der Waals surface area contributed by atoms with Crippen molar-refractivity contribution in [2.24, 2.45) is 0 Å². The molecule has 0 fully saturated rings. The minimum absolute atomic E-state index is 0.221. The summed E-state index contributed by atoms with van der Waals surface area (Å²) in [6.45, 7) is 0.371. The van der Waals surface area contributed by atoms with E-state index in [1.165, 1.54) is 0 Å². The molecule has 2 unspecified atom stereocenters. The van der Waals surface area contributed by atoms with Crippen LogP contribution < -0.4 is 16.0 Å². The number of benzene rings is 1. The van der Waals surface area contributed by atoms with E-state index in [1.807, 2.05) is 0 Å². The van der Waals surface area contributed by atoms with E-state index < -0.39 is 42.4 Å². The second-order valence-electron chi connectivity index (χ2n) is 6.85. The summed E-state index contributed by atoms with van der Waals surface area (Å²) in [5, 5.41) is 34.1. The first-order valence-corrected chi connectivity index (χ1v) is 9.75. The Morgan fingerprint density at radius 2 is 1.52 bits per heavy atom. The van der Waals surface area contributed by atoms with Crippen molar-refractivity contribution in [3.63, 3.8) is 0 Å². The van der Waals surface area contributed by atoms with Crippen LogP contribution in [0.4, 0.5) is 4.79 Å². The highest BCUT2D eigenvalue weighted by Gasteiger charge is 2.23. The van der Waals surface area contributed by atoms with Crippen LogP contribution in [0.5, 0.6) is 0 Å². The van der Waals surface area contributed by atoms with Crippen molar-refractivity contribution in [1.82, 2.24) is 16.0 Å². The smallest absolute Gasteiger partial charge is 0.326 e. The van der Waals surface area contributed by atoms with Gasteiger partial charge in [0.15, 0.2) is 0 Å². The summed E-state index contributed by atoms with van der Waals surface area (Å²) in [5.74, 6) is -3.94. The number of hydrogen-bond donors (Lipinski definition) is 6. The molecule has 0 heterocycles. The van der Waals surface area contributed by atoms with Gasteiger partial charge in [-0.25, -0.2) is 9.59 Å². The van der Waals surface area contributed by atoms with Gasteiger partial charge < -0.3 is 31.3 Å². The Morgan fingerprint density at radius 1 is 0.839 bits per heavy atom. The van der Waals surface area contributed by atoms with Crippen molar-refractivity contribution < 1.29 is 39.3 Å². The minimum atomic E-state index is -1.41. The first-order chi connectivity index (χ1) is 14.7. The highest BCUT2D eigenvalue weighted by molar-refractivity contribution is 5.94. The second-order valence-corrected chi connectivity index (χ2v) is 6.85. The van der Waals surface area contributed by atoms with Crippen LogP contribution in [0.3, 0.4) is 0 Å². The maximum absolute atomic E-state index is 12.0. The number of carboxylic acid groups (broad SMARTS) is 3. The number of amides is 3. The van der Waals surface area contributed by atoms with E-state index in [2.05, 4.69) is 16.0 Å². The van der Waals surface area contributed by atoms with E-state index in [0.717, 1.165) is 0 Å². The van der Waals surface area contributed by atoms with Gasteiger partial charge in [-0.3, -0.25) is 14.4 Å². The Kier molecular flexibility index (Phi) is 11.1. The van der Waals surface area contributed by atoms with Crippen LogP contribution in [0, 0.1) is 0 Å². The molecule has 0 spiro atoms. The average Bonchev–Trinajstić information content (AvgIpc) is 2.70. The summed E-state index contributed by atoms with van der Waals surface area (Å²) in [6, 6.07) is 5.61. The first-order valence-electron chi connectivity index (χ1n) is 9.75. The van der Waals surface area contributed by atoms with E-state index in [-0.39, 0.29) is 18.7 Å². The van der Waals surface area contributed by atoms with Crippen molar-refractivity contribution in [2.75, 3.05) is 6.54 Å². The quantitative estimate of drug-likeness (QED) is 0.233. The summed E-state index contributed by atoms with van der Waals surface area (Å²) in [5.41, 5.74) is 0.528. The van der Waals surface area contributed by atoms with Crippen LogP contribution in [-0.2, 0) is 14.4 Å². The molecule has 0 bridgehead atoms. The summed E-state index contributed by atoms with van der Waals surface area (Å²) in [4.78, 5) is 56.8. The van der Waals surface area contributed by atoms with Crippen molar-refractivity contribution in [2.45, 2.75) is 50.6 Å². The Hall–Kier alpha value is -3.63. The molecule has 1 aromatic carbocycles. The summed E-state index contributed by atoms with van der Waals surface area (Å²) in [6.07, 6.45) is 0.251. The SMILES string of the molecule is O=C(O)CCC(NC(=O)NC(CCCCNC(=O)c1ccccc1)CC(=O)O)C(=O)O. The van der Waals surface area contributed by atoms with Gasteiger partial charge in [-0.2, -0.15) is 0 Å². The van der Waals surface area contributed by atoms with Crippen LogP contribution in [0.25, 0.3) is 0 Å². The summed E-state index contributed by atoms with van der Waals surface area (Å²) < 4.78 is 0. The number of rotatable bonds is 14. The van der Waals surface area contributed by atoms with Crippen LogP contribution in [-0.4, -0.2) is 63.8 Å². The van der Waals surface area contributed by atoms with Crippen LogP contribution in [0.1, 0.15) is 48.9 Å². The zero-order valence-electron chi connectivity index (χ0n) is 16.9. The maximum atomic E-state index is 12.0. The molecule has 3 amide bonds. The lowest BCUT2D eigenvalue weighted by atomic mass is 10.1. The highest BCUT2D eigenvalue weighted by Crippen LogP contribution is 2.06. The highest BCUT2D eigenvalue weighted by atomic mass is 16.4. The number of urea groups is 1. The fourth-order valence-corrected chi connectivity index (χ4v) is 2.76. The Bertz CT molecular complexity index is 769. The Morgan fingerprint density at radius 3 is 2.10 bits per heavy atom. The predicted molar refractivity (Wildman–Crippen MR) is 109 cm³/mol. The number of unbranched alkanes of at least 4 members (excludes halogenated alkanes) is 1. The normalized spacial score (nSPS) is 12.3. The third kappa shape index (κ3) is 11.2. The first kappa shape index (κ1) is 25.4. The topological polar surface area (TPSA) is 182 Å². The van der Waals surface area contributed by atoms with Gasteiger partial charge in [0.25, 0.3) is 5.91 Å². The molecule has 0 aliphatic rings. The van der Waals surface area contributed by atoms with Crippen LogP contribution in [0.15, 0.2) is 30.3 Å². The van der Waals surface area contributed by atoms with Crippen molar-refractivity contribution in [3.8, 4) is 0 Å². The van der Waals surface area contributed by atoms with E-state index in [4.69, 9.17) is 15.3 Å². The van der Waals surface area contributed by atoms with Crippen molar-refractivity contribution >= 4 is 29.8 Å². The molecule has 1 aromatic rings. The number of hydrogen-bond acceptors (Lipinski definition) is 5. The van der Waals surface area contributed by atoms with E-state index in [9.17, 15) is 24.0 Å². The molecule has 0 saturated heterocycles. The lowest BCUT2D eigenvalue weighted by Crippen LogP contribution is -2.49. The maximum Gasteiger partial charge on any atom is 0.326 e. The zero-order valence-corrected chi connectivity index (χ0v) is 16.9. The molecule has 2 atom stereocenters. The molecule has 6 N–H and O–H groups in total. The van der Waals surface area contributed by atoms with Gasteiger partial charge in [-0.1, -0.05) is 18.2 Å². The lowest BCUT2D eigenvalue weighted by Gasteiger charge is -2.20. The van der Waals surface area contributed by atoms with Gasteiger partial charge in [0.2, 0.25) is 0 Å². The molecule has 11 nitrogen and oxygen atoms in total. The predicted octanol–water partition coefficient (Wildman–Crippen LogP) is 1.05. The van der Waals surface area contributed by atoms with Gasteiger partial charge in [0.1, 0.15) is 6.04 Å². The molecule has 0 aromatic heterocycles. The van der Waals surface area contributed by atoms with Gasteiger partial charge in [-0.05, 0) is 37.8 Å². The number of carboxylic acids is 3. The fraction of sp³-hybridized carbons (Fsp3) is 0.450. The number of carbonyl (C=O) groups is 5. The van der Waals surface area contributed by atoms with Crippen molar-refractivity contribution in [1.29, 1.82) is 0 Å². The molecule has 11 heteroatoms. The monoisotopic (exact) mass is 437 g/mol. The standard InChI is InChI=1S/C20H27N3O8/c24-16(25)10-9-15(19(29)30)23-20(31)22-14(12-17(26)27)8-4-5-11-21-18(28)13-6-2-1-3-7-13/h1-3,6-7,14-15H,4-5,8-12H2,(H,21,28)(H,24,25)(H,26,27)(H,29,30)(H2,22,23,31). The van der Waals surface area contributed by atoms with E-state index >= 15 is 0 Å². The molecule has 31 heavy (non-hydrogen) atoms. The molecule has 0 aliphatic carbocycles. The minimum Gasteiger partial charge on any atom is -0.481 e. The second kappa shape index (κ2) is 13.6. The van der Waals surface area contributed by atoms with Gasteiger partial charge in [-0.15, -0.1) is 0 Å². The van der Waals surface area contributed by atoms with Gasteiger partial charge in [0.05, 0.1) is 6.42 Å². The van der Waals surface area contributed by atoms with Gasteiger partial charge >= 0.3 is 23.9 Å². The summed E-state index contributed by atoms with van der Waals surface area (Å²) in [7, 11) is 0. The fourth-order valence-electron chi connectivity index (χ4n) is 2.76. The third-order valence-corrected chi connectivity index (χ3v) is 4.31.